The second-order valence-corrected chi connectivity index (χ2v) is 8.24. The van der Waals surface area contributed by atoms with Gasteiger partial charge in [-0.25, -0.2) is 4.79 Å². The van der Waals surface area contributed by atoms with Gasteiger partial charge in [0.2, 0.25) is 0 Å². The molecule has 0 radical (unpaired) electrons. The summed E-state index contributed by atoms with van der Waals surface area (Å²) in [6, 6.07) is 9.82. The lowest BCUT2D eigenvalue weighted by molar-refractivity contribution is -0.154. The summed E-state index contributed by atoms with van der Waals surface area (Å²) < 4.78 is 10.8. The van der Waals surface area contributed by atoms with Crippen LogP contribution >= 0.6 is 22.9 Å². The molecule has 30 heavy (non-hydrogen) atoms. The lowest BCUT2D eigenvalue weighted by Crippen LogP contribution is -2.42. The Kier molecular flexibility index (Phi) is 7.70. The third kappa shape index (κ3) is 5.73. The Hall–Kier alpha value is -2.58. The van der Waals surface area contributed by atoms with Crippen molar-refractivity contribution in [2.75, 3.05) is 33.4 Å². The minimum Gasteiger partial charge on any atom is -0.492 e. The largest absolute Gasteiger partial charge is 0.492 e. The van der Waals surface area contributed by atoms with Crippen LogP contribution in [-0.2, 0) is 14.3 Å². The number of hydrogen-bond acceptors (Lipinski definition) is 6. The fourth-order valence-electron chi connectivity index (χ4n) is 3.09. The van der Waals surface area contributed by atoms with Crippen LogP contribution in [0, 0.1) is 0 Å². The predicted octanol–water partition coefficient (Wildman–Crippen LogP) is 3.09. The molecule has 1 aromatic carbocycles. The first-order valence-electron chi connectivity index (χ1n) is 9.59. The molecule has 9 heteroatoms. The SMILES string of the molecule is CN(CCOc1ccc(Cl)cc1)C(=O)COC(=O)[C@@H]1CCCN1C(=O)c1cccs1. The quantitative estimate of drug-likeness (QED) is 0.578. The normalized spacial score (nSPS) is 15.7. The molecule has 160 valence electrons. The molecule has 0 N–H and O–H groups in total. The van der Waals surface area contributed by atoms with Gasteiger partial charge in [0.1, 0.15) is 18.4 Å². The monoisotopic (exact) mass is 450 g/mol. The predicted molar refractivity (Wildman–Crippen MR) is 114 cm³/mol. The molecule has 1 aliphatic heterocycles. The highest BCUT2D eigenvalue weighted by Crippen LogP contribution is 2.23. The van der Waals surface area contributed by atoms with Gasteiger partial charge < -0.3 is 19.3 Å². The van der Waals surface area contributed by atoms with Crippen LogP contribution in [0.25, 0.3) is 0 Å². The molecule has 0 unspecified atom stereocenters. The maximum Gasteiger partial charge on any atom is 0.329 e. The van der Waals surface area contributed by atoms with Crippen molar-refractivity contribution in [2.24, 2.45) is 0 Å². The van der Waals surface area contributed by atoms with E-state index in [9.17, 15) is 14.4 Å². The zero-order valence-corrected chi connectivity index (χ0v) is 18.2. The summed E-state index contributed by atoms with van der Waals surface area (Å²) in [5.41, 5.74) is 0. The summed E-state index contributed by atoms with van der Waals surface area (Å²) in [4.78, 5) is 40.8. The summed E-state index contributed by atoms with van der Waals surface area (Å²) in [5, 5.41) is 2.44. The van der Waals surface area contributed by atoms with Crippen molar-refractivity contribution < 1.29 is 23.9 Å². The molecular weight excluding hydrogens is 428 g/mol. The number of carbonyl (C=O) groups is 3. The van der Waals surface area contributed by atoms with E-state index in [0.717, 1.165) is 6.42 Å². The number of ether oxygens (including phenoxy) is 2. The van der Waals surface area contributed by atoms with Crippen LogP contribution in [0.3, 0.4) is 0 Å². The molecule has 2 amide bonds. The summed E-state index contributed by atoms with van der Waals surface area (Å²) in [7, 11) is 1.61. The average Bonchev–Trinajstić information content (AvgIpc) is 3.44. The molecule has 7 nitrogen and oxygen atoms in total. The van der Waals surface area contributed by atoms with E-state index < -0.39 is 12.0 Å². The number of amides is 2. The van der Waals surface area contributed by atoms with Crippen LogP contribution < -0.4 is 4.74 Å². The topological polar surface area (TPSA) is 76.2 Å². The van der Waals surface area contributed by atoms with E-state index >= 15 is 0 Å². The van der Waals surface area contributed by atoms with Gasteiger partial charge in [-0.1, -0.05) is 17.7 Å². The maximum absolute atomic E-state index is 12.6. The number of halogens is 1. The van der Waals surface area contributed by atoms with Gasteiger partial charge in [-0.15, -0.1) is 11.3 Å². The number of benzene rings is 1. The van der Waals surface area contributed by atoms with Gasteiger partial charge >= 0.3 is 5.97 Å². The zero-order chi connectivity index (χ0) is 21.5. The van der Waals surface area contributed by atoms with Gasteiger partial charge in [-0.05, 0) is 48.6 Å². The van der Waals surface area contributed by atoms with Gasteiger partial charge in [-0.3, -0.25) is 9.59 Å². The van der Waals surface area contributed by atoms with Gasteiger partial charge in [0.05, 0.1) is 11.4 Å². The Bertz CT molecular complexity index is 872. The minimum absolute atomic E-state index is 0.174. The highest BCUT2D eigenvalue weighted by Gasteiger charge is 2.36. The van der Waals surface area contributed by atoms with E-state index in [1.54, 1.807) is 43.4 Å². The number of rotatable bonds is 8. The fraction of sp³-hybridized carbons (Fsp3) is 0.381. The molecule has 1 aromatic heterocycles. The molecule has 0 saturated carbocycles. The minimum atomic E-state index is -0.647. The molecule has 3 rings (SSSR count). The second-order valence-electron chi connectivity index (χ2n) is 6.86. The summed E-state index contributed by atoms with van der Waals surface area (Å²) >= 11 is 7.16. The van der Waals surface area contributed by atoms with Crippen molar-refractivity contribution in [3.05, 3.63) is 51.7 Å². The molecule has 0 spiro atoms. The number of hydrogen-bond donors (Lipinski definition) is 0. The van der Waals surface area contributed by atoms with Crippen LogP contribution in [0.5, 0.6) is 5.75 Å². The van der Waals surface area contributed by atoms with Crippen LogP contribution in [0.15, 0.2) is 41.8 Å². The lowest BCUT2D eigenvalue weighted by Gasteiger charge is -2.23. The van der Waals surface area contributed by atoms with E-state index in [2.05, 4.69) is 0 Å². The summed E-state index contributed by atoms with van der Waals surface area (Å²) in [5.74, 6) is -0.399. The maximum atomic E-state index is 12.6. The van der Waals surface area contributed by atoms with Gasteiger partial charge in [0.15, 0.2) is 6.61 Å². The van der Waals surface area contributed by atoms with E-state index in [1.165, 1.54) is 21.1 Å². The zero-order valence-electron chi connectivity index (χ0n) is 16.6. The first-order chi connectivity index (χ1) is 14.5. The van der Waals surface area contributed by atoms with E-state index in [1.807, 2.05) is 5.38 Å². The Labute approximate surface area is 184 Å². The molecular formula is C21H23ClN2O5S. The number of thiophene rings is 1. The summed E-state index contributed by atoms with van der Waals surface area (Å²) in [6.45, 7) is 0.773. The van der Waals surface area contributed by atoms with Crippen LogP contribution in [0.4, 0.5) is 0 Å². The molecule has 1 saturated heterocycles. The van der Waals surface area contributed by atoms with Gasteiger partial charge in [0, 0.05) is 18.6 Å². The molecule has 1 aliphatic rings. The molecule has 2 aromatic rings. The third-order valence-corrected chi connectivity index (χ3v) is 5.90. The smallest absolute Gasteiger partial charge is 0.329 e. The second kappa shape index (κ2) is 10.4. The van der Waals surface area contributed by atoms with E-state index in [4.69, 9.17) is 21.1 Å². The van der Waals surface area contributed by atoms with Crippen LogP contribution in [-0.4, -0.2) is 67.0 Å². The molecule has 2 heterocycles. The van der Waals surface area contributed by atoms with Gasteiger partial charge in [0.25, 0.3) is 11.8 Å². The van der Waals surface area contributed by atoms with Crippen molar-refractivity contribution in [2.45, 2.75) is 18.9 Å². The van der Waals surface area contributed by atoms with Crippen molar-refractivity contribution in [3.8, 4) is 5.75 Å². The molecule has 0 aliphatic carbocycles. The number of likely N-dealkylation sites (N-methyl/N-ethyl adjacent to an activating group) is 1. The average molecular weight is 451 g/mol. The number of nitrogens with zero attached hydrogens (tertiary/aromatic N) is 2. The number of esters is 1. The highest BCUT2D eigenvalue weighted by molar-refractivity contribution is 7.12. The van der Waals surface area contributed by atoms with Crippen molar-refractivity contribution in [3.63, 3.8) is 0 Å². The number of likely N-dealkylation sites (tertiary alicyclic amines) is 1. The van der Waals surface area contributed by atoms with Crippen molar-refractivity contribution in [1.82, 2.24) is 9.80 Å². The number of carbonyl (C=O) groups excluding carboxylic acids is 3. The van der Waals surface area contributed by atoms with Crippen molar-refractivity contribution >= 4 is 40.7 Å². The Morgan fingerprint density at radius 3 is 2.70 bits per heavy atom. The van der Waals surface area contributed by atoms with Crippen LogP contribution in [0.2, 0.25) is 5.02 Å². The van der Waals surface area contributed by atoms with Gasteiger partial charge in [-0.2, -0.15) is 0 Å². The van der Waals surface area contributed by atoms with E-state index in [-0.39, 0.29) is 18.4 Å². The lowest BCUT2D eigenvalue weighted by atomic mass is 10.2. The Morgan fingerprint density at radius 1 is 1.23 bits per heavy atom. The highest BCUT2D eigenvalue weighted by atomic mass is 35.5. The van der Waals surface area contributed by atoms with Crippen LogP contribution in [0.1, 0.15) is 22.5 Å². The van der Waals surface area contributed by atoms with E-state index in [0.29, 0.717) is 41.8 Å². The standard InChI is InChI=1S/C21H23ClN2O5S/c1-23(11-12-28-16-8-6-15(22)7-9-16)19(25)14-29-21(27)17-4-2-10-24(17)20(26)18-5-3-13-30-18/h3,5-9,13,17H,2,4,10-12,14H2,1H3/t17-/m0/s1. The fourth-order valence-corrected chi connectivity index (χ4v) is 3.90. The molecule has 1 fully saturated rings. The first-order valence-corrected chi connectivity index (χ1v) is 10.8. The molecule has 1 atom stereocenters. The Morgan fingerprint density at radius 2 is 2.00 bits per heavy atom. The van der Waals surface area contributed by atoms with Crippen molar-refractivity contribution in [1.29, 1.82) is 0 Å². The first kappa shape index (κ1) is 22.1. The third-order valence-electron chi connectivity index (χ3n) is 4.79. The molecule has 0 bridgehead atoms. The summed E-state index contributed by atoms with van der Waals surface area (Å²) in [6.07, 6.45) is 1.27. The Balaban J connectivity index is 1.42.